The molecular weight excluding hydrogens is 282 g/mol. The molecule has 23 heavy (non-hydrogen) atoms. The van der Waals surface area contributed by atoms with Crippen LogP contribution in [0.3, 0.4) is 0 Å². The van der Waals surface area contributed by atoms with Gasteiger partial charge in [0, 0.05) is 0 Å². The van der Waals surface area contributed by atoms with Crippen LogP contribution < -0.4 is 4.90 Å². The largest absolute Gasteiger partial charge is 0.353 e. The smallest absolute Gasteiger partial charge is 0.106 e. The molecule has 0 radical (unpaired) electrons. The van der Waals surface area contributed by atoms with Gasteiger partial charge in [0.05, 0.1) is 36.6 Å². The minimum absolute atomic E-state index is 0.747. The number of nitriles is 1. The zero-order valence-electron chi connectivity index (χ0n) is 13.4. The predicted octanol–water partition coefficient (Wildman–Crippen LogP) is 2.86. The molecule has 0 bridgehead atoms. The number of aromatic nitrogens is 1. The van der Waals surface area contributed by atoms with Gasteiger partial charge in [0.1, 0.15) is 12.6 Å². The second kappa shape index (κ2) is 6.51. The van der Waals surface area contributed by atoms with Crippen LogP contribution in [-0.4, -0.2) is 19.1 Å². The van der Waals surface area contributed by atoms with E-state index in [1.54, 1.807) is 0 Å². The summed E-state index contributed by atoms with van der Waals surface area (Å²) >= 11 is 0. The molecular formula is C20H20N3+. The summed E-state index contributed by atoms with van der Waals surface area (Å²) < 4.78 is 0. The molecule has 0 aliphatic carbocycles. The molecule has 0 aliphatic rings. The van der Waals surface area contributed by atoms with Crippen molar-refractivity contribution in [2.45, 2.75) is 6.54 Å². The first-order chi connectivity index (χ1) is 11.2. The zero-order valence-corrected chi connectivity index (χ0v) is 13.4. The fourth-order valence-corrected chi connectivity index (χ4v) is 2.87. The van der Waals surface area contributed by atoms with Crippen molar-refractivity contribution in [2.75, 3.05) is 14.1 Å². The fraction of sp³-hybridized carbons (Fsp3) is 0.150. The van der Waals surface area contributed by atoms with Gasteiger partial charge in [0.15, 0.2) is 0 Å². The van der Waals surface area contributed by atoms with E-state index in [-0.39, 0.29) is 0 Å². The van der Waals surface area contributed by atoms with E-state index < -0.39 is 0 Å². The van der Waals surface area contributed by atoms with Gasteiger partial charge in [-0.3, -0.25) is 0 Å². The predicted molar refractivity (Wildman–Crippen MR) is 92.9 cm³/mol. The average Bonchev–Trinajstić information content (AvgIpc) is 2.94. The van der Waals surface area contributed by atoms with Gasteiger partial charge in [0.2, 0.25) is 0 Å². The lowest BCUT2D eigenvalue weighted by Crippen LogP contribution is -3.04. The highest BCUT2D eigenvalue weighted by Crippen LogP contribution is 2.33. The van der Waals surface area contributed by atoms with E-state index in [9.17, 15) is 5.26 Å². The monoisotopic (exact) mass is 302 g/mol. The molecule has 0 amide bonds. The van der Waals surface area contributed by atoms with Gasteiger partial charge in [-0.25, -0.2) is 0 Å². The van der Waals surface area contributed by atoms with Gasteiger partial charge in [-0.1, -0.05) is 60.7 Å². The molecule has 0 saturated carbocycles. The summed E-state index contributed by atoms with van der Waals surface area (Å²) in [5.41, 5.74) is 5.93. The number of hydrogen-bond acceptors (Lipinski definition) is 1. The quantitative estimate of drug-likeness (QED) is 0.765. The maximum atomic E-state index is 9.75. The first-order valence-corrected chi connectivity index (χ1v) is 7.75. The van der Waals surface area contributed by atoms with Crippen LogP contribution in [0.4, 0.5) is 0 Å². The van der Waals surface area contributed by atoms with E-state index in [0.29, 0.717) is 0 Å². The summed E-state index contributed by atoms with van der Waals surface area (Å²) in [4.78, 5) is 4.79. The number of nitrogens with zero attached hydrogens (tertiary/aromatic N) is 1. The Morgan fingerprint density at radius 2 is 1.39 bits per heavy atom. The van der Waals surface area contributed by atoms with Crippen LogP contribution >= 0.6 is 0 Å². The Kier molecular flexibility index (Phi) is 4.27. The maximum absolute atomic E-state index is 9.75. The summed E-state index contributed by atoms with van der Waals surface area (Å²) in [6, 6.07) is 22.7. The van der Waals surface area contributed by atoms with E-state index in [1.807, 2.05) is 48.5 Å². The van der Waals surface area contributed by atoms with Crippen molar-refractivity contribution >= 4 is 0 Å². The molecule has 3 heteroatoms. The maximum Gasteiger partial charge on any atom is 0.106 e. The van der Waals surface area contributed by atoms with Crippen LogP contribution in [-0.2, 0) is 6.54 Å². The standard InChI is InChI=1S/C20H19N3/c1-23(2)14-18-17(13-21)19(15-9-5-3-6-10-15)22-20(18)16-11-7-4-8-12-16/h3-12,22H,14H2,1-2H3/p+1. The molecule has 0 saturated heterocycles. The van der Waals surface area contributed by atoms with Gasteiger partial charge >= 0.3 is 0 Å². The van der Waals surface area contributed by atoms with Gasteiger partial charge in [-0.15, -0.1) is 0 Å². The van der Waals surface area contributed by atoms with E-state index in [0.717, 1.165) is 40.2 Å². The first kappa shape index (κ1) is 15.1. The fourth-order valence-electron chi connectivity index (χ4n) is 2.87. The number of rotatable bonds is 4. The van der Waals surface area contributed by atoms with Crippen LogP contribution in [0.25, 0.3) is 22.5 Å². The summed E-state index contributed by atoms with van der Waals surface area (Å²) in [5, 5.41) is 9.75. The van der Waals surface area contributed by atoms with E-state index in [2.05, 4.69) is 37.3 Å². The molecule has 3 nitrogen and oxygen atoms in total. The van der Waals surface area contributed by atoms with Crippen molar-refractivity contribution in [2.24, 2.45) is 0 Å². The summed E-state index contributed by atoms with van der Waals surface area (Å²) in [5.74, 6) is 0. The van der Waals surface area contributed by atoms with Crippen LogP contribution in [0.1, 0.15) is 11.1 Å². The normalized spacial score (nSPS) is 10.7. The Hall–Kier alpha value is -2.83. The van der Waals surface area contributed by atoms with Crippen molar-refractivity contribution in [1.82, 2.24) is 4.98 Å². The molecule has 0 fully saturated rings. The molecule has 2 N–H and O–H groups in total. The minimum atomic E-state index is 0.747. The number of hydrogen-bond donors (Lipinski definition) is 2. The highest BCUT2D eigenvalue weighted by atomic mass is 15.1. The topological polar surface area (TPSA) is 44.0 Å². The molecule has 0 atom stereocenters. The van der Waals surface area contributed by atoms with Crippen molar-refractivity contribution in [3.05, 3.63) is 71.8 Å². The molecule has 3 aromatic rings. The third kappa shape index (κ3) is 3.03. The van der Waals surface area contributed by atoms with Crippen LogP contribution in [0, 0.1) is 11.3 Å². The molecule has 1 aromatic heterocycles. The lowest BCUT2D eigenvalue weighted by atomic mass is 10.0. The lowest BCUT2D eigenvalue weighted by Gasteiger charge is -2.09. The number of aromatic amines is 1. The van der Waals surface area contributed by atoms with Gasteiger partial charge < -0.3 is 9.88 Å². The van der Waals surface area contributed by atoms with Crippen molar-refractivity contribution in [3.8, 4) is 28.6 Å². The van der Waals surface area contributed by atoms with Gasteiger partial charge in [-0.2, -0.15) is 5.26 Å². The molecule has 0 spiro atoms. The minimum Gasteiger partial charge on any atom is -0.353 e. The second-order valence-electron chi connectivity index (χ2n) is 5.96. The Bertz CT molecular complexity index is 825. The van der Waals surface area contributed by atoms with E-state index in [4.69, 9.17) is 0 Å². The summed E-state index contributed by atoms with van der Waals surface area (Å²) in [7, 11) is 4.20. The SMILES string of the molecule is C[NH+](C)Cc1c(-c2ccccc2)[nH]c(-c2ccccc2)c1C#N. The van der Waals surface area contributed by atoms with Crippen LogP contribution in [0.5, 0.6) is 0 Å². The first-order valence-electron chi connectivity index (χ1n) is 7.75. The third-order valence-corrected chi connectivity index (χ3v) is 3.87. The Morgan fingerprint density at radius 3 is 1.87 bits per heavy atom. The second-order valence-corrected chi connectivity index (χ2v) is 5.96. The average molecular weight is 302 g/mol. The molecule has 3 rings (SSSR count). The van der Waals surface area contributed by atoms with Gasteiger partial charge in [0.25, 0.3) is 0 Å². The highest BCUT2D eigenvalue weighted by Gasteiger charge is 2.21. The molecule has 1 heterocycles. The van der Waals surface area contributed by atoms with Crippen molar-refractivity contribution < 1.29 is 4.90 Å². The van der Waals surface area contributed by atoms with E-state index >= 15 is 0 Å². The summed E-state index contributed by atoms with van der Waals surface area (Å²) in [6.45, 7) is 0.802. The number of quaternary nitrogens is 1. The number of benzene rings is 2. The summed E-state index contributed by atoms with van der Waals surface area (Å²) in [6.07, 6.45) is 0. The molecule has 0 aliphatic heterocycles. The van der Waals surface area contributed by atoms with E-state index in [1.165, 1.54) is 4.90 Å². The lowest BCUT2D eigenvalue weighted by molar-refractivity contribution is -0.872. The zero-order chi connectivity index (χ0) is 16.2. The van der Waals surface area contributed by atoms with Gasteiger partial charge in [-0.05, 0) is 11.1 Å². The molecule has 114 valence electrons. The highest BCUT2D eigenvalue weighted by molar-refractivity contribution is 5.78. The van der Waals surface area contributed by atoms with Crippen LogP contribution in [0.2, 0.25) is 0 Å². The third-order valence-electron chi connectivity index (χ3n) is 3.87. The molecule has 0 unspecified atom stereocenters. The Balaban J connectivity index is 2.23. The Labute approximate surface area is 136 Å². The Morgan fingerprint density at radius 1 is 0.870 bits per heavy atom. The molecule has 2 aromatic carbocycles. The van der Waals surface area contributed by atoms with Crippen molar-refractivity contribution in [3.63, 3.8) is 0 Å². The number of nitrogens with one attached hydrogen (secondary N) is 2. The number of H-pyrrole nitrogens is 1. The van der Waals surface area contributed by atoms with Crippen LogP contribution in [0.15, 0.2) is 60.7 Å². The van der Waals surface area contributed by atoms with Crippen molar-refractivity contribution in [1.29, 1.82) is 5.26 Å².